The van der Waals surface area contributed by atoms with Crippen LogP contribution in [-0.2, 0) is 9.31 Å². The molecule has 1 aromatic carbocycles. The maximum absolute atomic E-state index is 6.19. The molecule has 0 unspecified atom stereocenters. The Morgan fingerprint density at radius 3 is 1.93 bits per heavy atom. The van der Waals surface area contributed by atoms with E-state index in [0.717, 1.165) is 11.5 Å². The number of rotatable bonds is 3. The predicted octanol–water partition coefficient (Wildman–Crippen LogP) is 4.50. The van der Waals surface area contributed by atoms with Gasteiger partial charge in [0.05, 0.1) is 11.2 Å². The van der Waals surface area contributed by atoms with Gasteiger partial charge in [0.1, 0.15) is 0 Å². The maximum Gasteiger partial charge on any atom is 0.494 e. The van der Waals surface area contributed by atoms with Gasteiger partial charge in [0.25, 0.3) is 0 Å². The summed E-state index contributed by atoms with van der Waals surface area (Å²) >= 11 is 0. The zero-order valence-electron chi connectivity index (χ0n) is 17.7. The van der Waals surface area contributed by atoms with Crippen LogP contribution in [0.3, 0.4) is 0 Å². The number of benzene rings is 1. The van der Waals surface area contributed by atoms with Gasteiger partial charge in [-0.25, -0.2) is 0 Å². The van der Waals surface area contributed by atoms with Crippen molar-refractivity contribution in [3.05, 3.63) is 29.8 Å². The van der Waals surface area contributed by atoms with Crippen molar-refractivity contribution in [1.82, 2.24) is 4.90 Å². The minimum Gasteiger partial charge on any atom is -0.399 e. The average molecular weight is 369 g/mol. The molecule has 1 aliphatic carbocycles. The smallest absolute Gasteiger partial charge is 0.399 e. The third-order valence-electron chi connectivity index (χ3n) is 7.55. The number of hydrogen-bond donors (Lipinski definition) is 0. The summed E-state index contributed by atoms with van der Waals surface area (Å²) in [7, 11) is -0.253. The molecule has 3 nitrogen and oxygen atoms in total. The predicted molar refractivity (Wildman–Crippen MR) is 113 cm³/mol. The molecule has 0 radical (unpaired) electrons. The van der Waals surface area contributed by atoms with E-state index in [1.807, 2.05) is 0 Å². The lowest BCUT2D eigenvalue weighted by atomic mass is 9.77. The lowest BCUT2D eigenvalue weighted by Gasteiger charge is -2.39. The maximum atomic E-state index is 6.19. The Bertz CT molecular complexity index is 612. The molecule has 1 aromatic rings. The molecule has 3 fully saturated rings. The van der Waals surface area contributed by atoms with Crippen LogP contribution < -0.4 is 5.46 Å². The molecule has 0 atom stereocenters. The van der Waals surface area contributed by atoms with Gasteiger partial charge < -0.3 is 14.2 Å². The first-order valence-electron chi connectivity index (χ1n) is 11.1. The van der Waals surface area contributed by atoms with E-state index in [1.165, 1.54) is 63.6 Å². The molecular formula is C23H36BNO2. The second kappa shape index (κ2) is 7.53. The standard InChI is InChI=1S/C23H36BNO2/c1-22(2)23(3,4)27-24(26-22)20-12-10-18(11-13-20)19-14-16-25(17-15-19)21-8-6-5-7-9-21/h10-13,19,21H,5-9,14-17H2,1-4H3. The van der Waals surface area contributed by atoms with Crippen LogP contribution in [-0.4, -0.2) is 42.4 Å². The molecule has 148 valence electrons. The Labute approximate surface area is 165 Å². The summed E-state index contributed by atoms with van der Waals surface area (Å²) in [5.41, 5.74) is 2.07. The molecule has 2 saturated heterocycles. The summed E-state index contributed by atoms with van der Waals surface area (Å²) < 4.78 is 12.4. The van der Waals surface area contributed by atoms with Gasteiger partial charge in [-0.1, -0.05) is 43.5 Å². The summed E-state index contributed by atoms with van der Waals surface area (Å²) in [6.45, 7) is 11.0. The van der Waals surface area contributed by atoms with E-state index in [4.69, 9.17) is 9.31 Å². The van der Waals surface area contributed by atoms with Crippen molar-refractivity contribution in [1.29, 1.82) is 0 Å². The first kappa shape index (κ1) is 19.5. The Morgan fingerprint density at radius 1 is 0.815 bits per heavy atom. The van der Waals surface area contributed by atoms with E-state index in [-0.39, 0.29) is 18.3 Å². The fourth-order valence-electron chi connectivity index (χ4n) is 4.95. The molecule has 0 aromatic heterocycles. The summed E-state index contributed by atoms with van der Waals surface area (Å²) in [6, 6.07) is 9.91. The Kier molecular flexibility index (Phi) is 5.44. The molecule has 2 aliphatic heterocycles. The van der Waals surface area contributed by atoms with Gasteiger partial charge in [0.15, 0.2) is 0 Å². The van der Waals surface area contributed by atoms with E-state index in [2.05, 4.69) is 56.9 Å². The largest absolute Gasteiger partial charge is 0.494 e. The molecule has 1 saturated carbocycles. The molecule has 0 amide bonds. The highest BCUT2D eigenvalue weighted by Gasteiger charge is 2.51. The molecule has 4 heteroatoms. The SMILES string of the molecule is CC1(C)OB(c2ccc(C3CCN(C4CCCCC4)CC3)cc2)OC1(C)C. The zero-order chi connectivity index (χ0) is 19.1. The zero-order valence-corrected chi connectivity index (χ0v) is 17.7. The second-order valence-electron chi connectivity index (χ2n) is 9.86. The lowest BCUT2D eigenvalue weighted by Crippen LogP contribution is -2.42. The van der Waals surface area contributed by atoms with Crippen LogP contribution in [0.15, 0.2) is 24.3 Å². The van der Waals surface area contributed by atoms with Crippen molar-refractivity contribution in [2.45, 2.75) is 95.8 Å². The monoisotopic (exact) mass is 369 g/mol. The van der Waals surface area contributed by atoms with Crippen molar-refractivity contribution >= 4 is 12.6 Å². The highest BCUT2D eigenvalue weighted by Crippen LogP contribution is 2.37. The molecule has 0 bridgehead atoms. The normalized spacial score (nSPS) is 27.2. The topological polar surface area (TPSA) is 21.7 Å². The molecule has 2 heterocycles. The third kappa shape index (κ3) is 3.99. The van der Waals surface area contributed by atoms with Gasteiger partial charge in [-0.05, 0) is 83.4 Å². The van der Waals surface area contributed by atoms with Crippen molar-refractivity contribution in [3.63, 3.8) is 0 Å². The van der Waals surface area contributed by atoms with Crippen molar-refractivity contribution in [2.75, 3.05) is 13.1 Å². The summed E-state index contributed by atoms with van der Waals surface area (Å²) in [6.07, 6.45) is 9.76. The van der Waals surface area contributed by atoms with Crippen LogP contribution in [0.25, 0.3) is 0 Å². The van der Waals surface area contributed by atoms with Gasteiger partial charge in [-0.2, -0.15) is 0 Å². The van der Waals surface area contributed by atoms with Gasteiger partial charge in [-0.15, -0.1) is 0 Å². The molecule has 3 aliphatic rings. The third-order valence-corrected chi connectivity index (χ3v) is 7.55. The minimum absolute atomic E-state index is 0.253. The highest BCUT2D eigenvalue weighted by molar-refractivity contribution is 6.62. The van der Waals surface area contributed by atoms with Crippen LogP contribution in [0.4, 0.5) is 0 Å². The second-order valence-corrected chi connectivity index (χ2v) is 9.86. The van der Waals surface area contributed by atoms with Crippen LogP contribution >= 0.6 is 0 Å². The number of hydrogen-bond acceptors (Lipinski definition) is 3. The van der Waals surface area contributed by atoms with Crippen molar-refractivity contribution < 1.29 is 9.31 Å². The molecular weight excluding hydrogens is 333 g/mol. The molecule has 0 N–H and O–H groups in total. The number of nitrogens with zero attached hydrogens (tertiary/aromatic N) is 1. The molecule has 4 rings (SSSR count). The first-order valence-corrected chi connectivity index (χ1v) is 11.1. The Hall–Kier alpha value is -0.835. The summed E-state index contributed by atoms with van der Waals surface area (Å²) in [5, 5.41) is 0. The average Bonchev–Trinajstić information content (AvgIpc) is 2.90. The fraction of sp³-hybridized carbons (Fsp3) is 0.739. The molecule has 0 spiro atoms. The summed E-state index contributed by atoms with van der Waals surface area (Å²) in [4.78, 5) is 2.77. The Morgan fingerprint density at radius 2 is 1.37 bits per heavy atom. The Balaban J connectivity index is 1.35. The van der Waals surface area contributed by atoms with Gasteiger partial charge in [0, 0.05) is 6.04 Å². The van der Waals surface area contributed by atoms with E-state index in [0.29, 0.717) is 5.92 Å². The lowest BCUT2D eigenvalue weighted by molar-refractivity contribution is 0.00578. The number of piperidine rings is 1. The van der Waals surface area contributed by atoms with E-state index >= 15 is 0 Å². The first-order chi connectivity index (χ1) is 12.9. The van der Waals surface area contributed by atoms with Crippen LogP contribution in [0.2, 0.25) is 0 Å². The quantitative estimate of drug-likeness (QED) is 0.733. The van der Waals surface area contributed by atoms with Gasteiger partial charge in [0.2, 0.25) is 0 Å². The van der Waals surface area contributed by atoms with E-state index in [9.17, 15) is 0 Å². The fourth-order valence-corrected chi connectivity index (χ4v) is 4.95. The minimum atomic E-state index is -0.276. The van der Waals surface area contributed by atoms with Crippen molar-refractivity contribution in [3.8, 4) is 0 Å². The van der Waals surface area contributed by atoms with Gasteiger partial charge >= 0.3 is 7.12 Å². The van der Waals surface area contributed by atoms with E-state index in [1.54, 1.807) is 0 Å². The molecule has 27 heavy (non-hydrogen) atoms. The van der Waals surface area contributed by atoms with Crippen molar-refractivity contribution in [2.24, 2.45) is 0 Å². The van der Waals surface area contributed by atoms with Gasteiger partial charge in [-0.3, -0.25) is 0 Å². The van der Waals surface area contributed by atoms with Crippen LogP contribution in [0, 0.1) is 0 Å². The summed E-state index contributed by atoms with van der Waals surface area (Å²) in [5.74, 6) is 0.706. The highest BCUT2D eigenvalue weighted by atomic mass is 16.7. The number of likely N-dealkylation sites (tertiary alicyclic amines) is 1. The van der Waals surface area contributed by atoms with Crippen LogP contribution in [0.5, 0.6) is 0 Å². The van der Waals surface area contributed by atoms with E-state index < -0.39 is 0 Å². The van der Waals surface area contributed by atoms with Crippen LogP contribution in [0.1, 0.15) is 84.1 Å².